The Bertz CT molecular complexity index is 785. The first-order valence-electron chi connectivity index (χ1n) is 7.37. The van der Waals surface area contributed by atoms with E-state index >= 15 is 0 Å². The first-order valence-corrected chi connectivity index (χ1v) is 7.37. The van der Waals surface area contributed by atoms with Crippen molar-refractivity contribution in [2.75, 3.05) is 6.61 Å². The van der Waals surface area contributed by atoms with Crippen LogP contribution >= 0.6 is 0 Å². The van der Waals surface area contributed by atoms with Gasteiger partial charge in [0.05, 0.1) is 11.7 Å². The molecule has 2 aromatic rings. The van der Waals surface area contributed by atoms with Gasteiger partial charge in [-0.25, -0.2) is 4.79 Å². The molecule has 0 fully saturated rings. The molecule has 0 N–H and O–H groups in total. The van der Waals surface area contributed by atoms with E-state index in [-0.39, 0.29) is 17.4 Å². The molecule has 0 amide bonds. The number of nitrogens with zero attached hydrogens (tertiary/aromatic N) is 2. The molecule has 0 unspecified atom stereocenters. The van der Waals surface area contributed by atoms with Crippen molar-refractivity contribution in [1.29, 1.82) is 0 Å². The minimum Gasteiger partial charge on any atom is -0.374 e. The molecule has 1 aromatic carbocycles. The van der Waals surface area contributed by atoms with Crippen molar-refractivity contribution in [2.45, 2.75) is 26.9 Å². The Morgan fingerprint density at radius 1 is 1.09 bits per heavy atom. The molecule has 0 aliphatic heterocycles. The average Bonchev–Trinajstić information content (AvgIpc) is 2.52. The molecule has 118 valence electrons. The summed E-state index contributed by atoms with van der Waals surface area (Å²) in [6.07, 6.45) is 0.0168. The van der Waals surface area contributed by atoms with Gasteiger partial charge in [-0.05, 0) is 31.9 Å². The summed E-state index contributed by atoms with van der Waals surface area (Å²) in [5.74, 6) is 0. The van der Waals surface area contributed by atoms with E-state index in [2.05, 4.69) is 0 Å². The Labute approximate surface area is 129 Å². The molecule has 0 saturated heterocycles. The summed E-state index contributed by atoms with van der Waals surface area (Å²) >= 11 is 0. The molecule has 5 nitrogen and oxygen atoms in total. The number of rotatable bonds is 4. The van der Waals surface area contributed by atoms with Gasteiger partial charge in [0.2, 0.25) is 0 Å². The summed E-state index contributed by atoms with van der Waals surface area (Å²) in [5, 5.41) is 0. The highest BCUT2D eigenvalue weighted by atomic mass is 16.5. The summed E-state index contributed by atoms with van der Waals surface area (Å²) in [7, 11) is 3.17. The van der Waals surface area contributed by atoms with Gasteiger partial charge in [-0.2, -0.15) is 0 Å². The minimum absolute atomic E-state index is 0.0168. The third-order valence-corrected chi connectivity index (χ3v) is 4.04. The first-order chi connectivity index (χ1) is 10.4. The van der Waals surface area contributed by atoms with Gasteiger partial charge in [-0.15, -0.1) is 0 Å². The van der Waals surface area contributed by atoms with Crippen LogP contribution in [-0.2, 0) is 18.8 Å². The van der Waals surface area contributed by atoms with Crippen molar-refractivity contribution in [3.8, 4) is 11.1 Å². The molecule has 0 aliphatic carbocycles. The summed E-state index contributed by atoms with van der Waals surface area (Å²) in [5.41, 5.74) is 2.50. The van der Waals surface area contributed by atoms with Crippen LogP contribution in [0.3, 0.4) is 0 Å². The van der Waals surface area contributed by atoms with E-state index in [1.165, 1.54) is 11.6 Å². The number of aromatic nitrogens is 2. The number of benzene rings is 1. The lowest BCUT2D eigenvalue weighted by Crippen LogP contribution is -2.39. The predicted octanol–water partition coefficient (Wildman–Crippen LogP) is 2.16. The van der Waals surface area contributed by atoms with Crippen LogP contribution in [0.15, 0.2) is 33.9 Å². The molecular weight excluding hydrogens is 280 g/mol. The van der Waals surface area contributed by atoms with E-state index in [1.54, 1.807) is 14.0 Å². The van der Waals surface area contributed by atoms with E-state index < -0.39 is 0 Å². The fraction of sp³-hybridized carbons (Fsp3) is 0.412. The molecule has 1 aromatic heterocycles. The van der Waals surface area contributed by atoms with Crippen molar-refractivity contribution in [1.82, 2.24) is 9.13 Å². The molecule has 5 heteroatoms. The zero-order chi connectivity index (χ0) is 16.4. The fourth-order valence-corrected chi connectivity index (χ4v) is 2.54. The van der Waals surface area contributed by atoms with Crippen molar-refractivity contribution in [2.24, 2.45) is 14.1 Å². The van der Waals surface area contributed by atoms with Gasteiger partial charge in [0.25, 0.3) is 5.56 Å². The molecule has 0 radical (unpaired) electrons. The first kappa shape index (κ1) is 16.2. The largest absolute Gasteiger partial charge is 0.374 e. The summed E-state index contributed by atoms with van der Waals surface area (Å²) in [6.45, 7) is 6.40. The smallest absolute Gasteiger partial charge is 0.330 e. The molecule has 0 aliphatic rings. The number of ether oxygens (including phenoxy) is 1. The van der Waals surface area contributed by atoms with Gasteiger partial charge >= 0.3 is 5.69 Å². The molecule has 1 atom stereocenters. The highest BCUT2D eigenvalue weighted by Gasteiger charge is 2.14. The molecule has 0 saturated carbocycles. The third kappa shape index (κ3) is 2.76. The molecule has 22 heavy (non-hydrogen) atoms. The van der Waals surface area contributed by atoms with Crippen LogP contribution < -0.4 is 11.2 Å². The van der Waals surface area contributed by atoms with Gasteiger partial charge < -0.3 is 9.30 Å². The molecular formula is C17H22N2O3. The minimum atomic E-state index is -0.312. The molecule has 1 heterocycles. The molecule has 0 bridgehead atoms. The van der Waals surface area contributed by atoms with Gasteiger partial charge in [-0.3, -0.25) is 9.36 Å². The van der Waals surface area contributed by atoms with E-state index in [0.29, 0.717) is 17.9 Å². The Balaban J connectivity index is 2.54. The van der Waals surface area contributed by atoms with Crippen molar-refractivity contribution in [3.63, 3.8) is 0 Å². The Morgan fingerprint density at radius 3 is 2.23 bits per heavy atom. The Hall–Kier alpha value is -2.14. The molecule has 0 spiro atoms. The maximum atomic E-state index is 12.4. The highest BCUT2D eigenvalue weighted by molar-refractivity contribution is 5.65. The van der Waals surface area contributed by atoms with Crippen LogP contribution in [-0.4, -0.2) is 15.7 Å². The van der Waals surface area contributed by atoms with Gasteiger partial charge in [0.15, 0.2) is 0 Å². The highest BCUT2D eigenvalue weighted by Crippen LogP contribution is 2.22. The van der Waals surface area contributed by atoms with Crippen molar-refractivity contribution < 1.29 is 4.74 Å². The Morgan fingerprint density at radius 2 is 1.68 bits per heavy atom. The monoisotopic (exact) mass is 302 g/mol. The lowest BCUT2D eigenvalue weighted by atomic mass is 10.0. The van der Waals surface area contributed by atoms with Crippen LogP contribution in [0.5, 0.6) is 0 Å². The molecule has 2 rings (SSSR count). The van der Waals surface area contributed by atoms with Crippen LogP contribution in [0.1, 0.15) is 31.2 Å². The second kappa shape index (κ2) is 6.32. The van der Waals surface area contributed by atoms with E-state index in [0.717, 1.165) is 15.7 Å². The second-order valence-corrected chi connectivity index (χ2v) is 5.39. The van der Waals surface area contributed by atoms with Crippen LogP contribution in [0.2, 0.25) is 0 Å². The normalized spacial score (nSPS) is 12.4. The zero-order valence-corrected chi connectivity index (χ0v) is 13.7. The van der Waals surface area contributed by atoms with E-state index in [1.807, 2.05) is 38.1 Å². The second-order valence-electron chi connectivity index (χ2n) is 5.39. The average molecular weight is 302 g/mol. The SMILES string of the molecule is CCO[C@H](C)c1ccc(-c2c(C)n(C)c(=O)n(C)c2=O)cc1. The van der Waals surface area contributed by atoms with Crippen LogP contribution in [0.25, 0.3) is 11.1 Å². The van der Waals surface area contributed by atoms with Crippen molar-refractivity contribution in [3.05, 3.63) is 56.4 Å². The van der Waals surface area contributed by atoms with E-state index in [4.69, 9.17) is 4.74 Å². The fourth-order valence-electron chi connectivity index (χ4n) is 2.54. The standard InChI is InChI=1S/C17H22N2O3/c1-6-22-12(3)13-7-9-14(10-8-13)15-11(2)18(4)17(21)19(5)16(15)20/h7-10,12H,6H2,1-5H3/t12-/m1/s1. The maximum Gasteiger partial charge on any atom is 0.330 e. The van der Waals surface area contributed by atoms with E-state index in [9.17, 15) is 9.59 Å². The van der Waals surface area contributed by atoms with Crippen molar-refractivity contribution >= 4 is 0 Å². The predicted molar refractivity (Wildman–Crippen MR) is 87.1 cm³/mol. The summed E-state index contributed by atoms with van der Waals surface area (Å²) < 4.78 is 8.20. The number of hydrogen-bond acceptors (Lipinski definition) is 3. The Kier molecular flexibility index (Phi) is 4.66. The quantitative estimate of drug-likeness (QED) is 0.869. The van der Waals surface area contributed by atoms with Gasteiger partial charge in [-0.1, -0.05) is 24.3 Å². The van der Waals surface area contributed by atoms with Gasteiger partial charge in [0.1, 0.15) is 0 Å². The van der Waals surface area contributed by atoms with Gasteiger partial charge in [0, 0.05) is 26.4 Å². The lowest BCUT2D eigenvalue weighted by Gasteiger charge is -2.14. The number of hydrogen-bond donors (Lipinski definition) is 0. The third-order valence-electron chi connectivity index (χ3n) is 4.04. The summed E-state index contributed by atoms with van der Waals surface area (Å²) in [6, 6.07) is 7.72. The van der Waals surface area contributed by atoms with Crippen LogP contribution in [0, 0.1) is 6.92 Å². The topological polar surface area (TPSA) is 53.2 Å². The summed E-state index contributed by atoms with van der Waals surface area (Å²) in [4.78, 5) is 24.3. The lowest BCUT2D eigenvalue weighted by molar-refractivity contribution is 0.0764. The zero-order valence-electron chi connectivity index (χ0n) is 13.7. The maximum absolute atomic E-state index is 12.4. The van der Waals surface area contributed by atoms with Crippen LogP contribution in [0.4, 0.5) is 0 Å².